The molecule has 0 aromatic heterocycles. The summed E-state index contributed by atoms with van der Waals surface area (Å²) in [7, 11) is 0. The molecule has 0 heterocycles. The summed E-state index contributed by atoms with van der Waals surface area (Å²) in [4.78, 5) is 5.69. The second kappa shape index (κ2) is 2.67. The van der Waals surface area contributed by atoms with Gasteiger partial charge in [0.25, 0.3) is 0 Å². The molecule has 2 saturated carbocycles. The Hall–Kier alpha value is -1.24. The molecule has 12 heavy (non-hydrogen) atoms. The normalized spacial score (nSPS) is 23.4. The molecule has 0 aromatic rings. The van der Waals surface area contributed by atoms with Crippen molar-refractivity contribution < 1.29 is 0 Å². The van der Waals surface area contributed by atoms with Crippen LogP contribution in [0.4, 0.5) is 0 Å². The summed E-state index contributed by atoms with van der Waals surface area (Å²) in [6.45, 7) is 0. The third-order valence-corrected chi connectivity index (χ3v) is 2.31. The summed E-state index contributed by atoms with van der Waals surface area (Å²) in [6.07, 6.45) is 6.56. The molecule has 2 aliphatic rings. The van der Waals surface area contributed by atoms with Crippen LogP contribution in [0.5, 0.6) is 0 Å². The summed E-state index contributed by atoms with van der Waals surface area (Å²) in [5.41, 5.74) is 5.66. The third kappa shape index (κ3) is 1.35. The van der Waals surface area contributed by atoms with Crippen LogP contribution in [-0.2, 0) is 0 Å². The van der Waals surface area contributed by atoms with Gasteiger partial charge in [0.1, 0.15) is 0 Å². The molecule has 64 valence electrons. The van der Waals surface area contributed by atoms with E-state index in [-0.39, 0.29) is 0 Å². The molecule has 0 spiro atoms. The van der Waals surface area contributed by atoms with Crippen LogP contribution >= 0.6 is 0 Å². The van der Waals surface area contributed by atoms with Crippen molar-refractivity contribution in [1.29, 1.82) is 5.26 Å². The molecule has 0 amide bonds. The van der Waals surface area contributed by atoms with Crippen molar-refractivity contribution in [3.8, 4) is 6.19 Å². The predicted molar refractivity (Wildman–Crippen MR) is 45.1 cm³/mol. The predicted octanol–water partition coefficient (Wildman–Crippen LogP) is 0.409. The van der Waals surface area contributed by atoms with Gasteiger partial charge in [0, 0.05) is 12.1 Å². The van der Waals surface area contributed by atoms with Gasteiger partial charge in [-0.3, -0.25) is 0 Å². The molecule has 2 N–H and O–H groups in total. The Morgan fingerprint density at radius 1 is 1.33 bits per heavy atom. The van der Waals surface area contributed by atoms with Crippen LogP contribution in [0.1, 0.15) is 25.7 Å². The minimum absolute atomic E-state index is 0.419. The fourth-order valence-corrected chi connectivity index (χ4v) is 1.49. The van der Waals surface area contributed by atoms with Crippen LogP contribution in [0.25, 0.3) is 0 Å². The average molecular weight is 164 g/mol. The standard InChI is InChI=1S/C8H12N4/c9-5-11-8(10)12(6-1-2-6)7-3-4-7/h6-7H,1-4H2,(H2,10,11). The van der Waals surface area contributed by atoms with Gasteiger partial charge in [-0.1, -0.05) is 0 Å². The van der Waals surface area contributed by atoms with Crippen LogP contribution in [0, 0.1) is 11.5 Å². The Balaban J connectivity index is 2.05. The number of guanidine groups is 1. The van der Waals surface area contributed by atoms with Crippen LogP contribution in [0.2, 0.25) is 0 Å². The average Bonchev–Trinajstić information content (AvgIpc) is 2.80. The minimum atomic E-state index is 0.419. The molecule has 4 nitrogen and oxygen atoms in total. The lowest BCUT2D eigenvalue weighted by Crippen LogP contribution is -2.40. The van der Waals surface area contributed by atoms with Crippen LogP contribution in [0.15, 0.2) is 4.99 Å². The maximum absolute atomic E-state index is 8.35. The number of rotatable bonds is 2. The zero-order valence-corrected chi connectivity index (χ0v) is 6.90. The van der Waals surface area contributed by atoms with Crippen molar-refractivity contribution in [3.05, 3.63) is 0 Å². The van der Waals surface area contributed by atoms with Gasteiger partial charge in [0.05, 0.1) is 0 Å². The number of hydrogen-bond donors (Lipinski definition) is 1. The van der Waals surface area contributed by atoms with Crippen LogP contribution in [0.3, 0.4) is 0 Å². The second-order valence-electron chi connectivity index (χ2n) is 3.44. The molecular weight excluding hydrogens is 152 g/mol. The first kappa shape index (κ1) is 7.41. The first-order valence-electron chi connectivity index (χ1n) is 4.33. The van der Waals surface area contributed by atoms with E-state index in [0.717, 1.165) is 0 Å². The van der Waals surface area contributed by atoms with Crippen LogP contribution in [-0.4, -0.2) is 22.9 Å². The van der Waals surface area contributed by atoms with E-state index in [1.165, 1.54) is 25.7 Å². The van der Waals surface area contributed by atoms with E-state index in [4.69, 9.17) is 11.0 Å². The van der Waals surface area contributed by atoms with Gasteiger partial charge in [-0.05, 0) is 25.7 Å². The van der Waals surface area contributed by atoms with E-state index in [0.29, 0.717) is 18.0 Å². The molecule has 0 radical (unpaired) electrons. The Bertz CT molecular complexity index is 232. The van der Waals surface area contributed by atoms with Crippen molar-refractivity contribution in [2.75, 3.05) is 0 Å². The molecule has 2 fully saturated rings. The SMILES string of the molecule is N#CN=C(N)N(C1CC1)C1CC1. The molecule has 0 atom stereocenters. The van der Waals surface area contributed by atoms with E-state index < -0.39 is 0 Å². The maximum atomic E-state index is 8.35. The quantitative estimate of drug-likeness (QED) is 0.365. The zero-order chi connectivity index (χ0) is 8.55. The number of aliphatic imine (C=N–C) groups is 1. The Kier molecular flexibility index (Phi) is 1.65. The monoisotopic (exact) mass is 164 g/mol. The topological polar surface area (TPSA) is 65.4 Å². The summed E-state index contributed by atoms with van der Waals surface area (Å²) >= 11 is 0. The van der Waals surface area contributed by atoms with Crippen molar-refractivity contribution in [2.24, 2.45) is 10.7 Å². The van der Waals surface area contributed by atoms with Gasteiger partial charge < -0.3 is 10.6 Å². The minimum Gasteiger partial charge on any atom is -0.369 e. The Labute approximate surface area is 71.7 Å². The van der Waals surface area contributed by atoms with Crippen molar-refractivity contribution in [1.82, 2.24) is 4.90 Å². The molecule has 4 heteroatoms. The molecule has 0 saturated heterocycles. The first-order chi connectivity index (χ1) is 5.83. The Morgan fingerprint density at radius 3 is 2.17 bits per heavy atom. The first-order valence-corrected chi connectivity index (χ1v) is 4.33. The largest absolute Gasteiger partial charge is 0.369 e. The summed E-state index contributed by atoms with van der Waals surface area (Å²) in [5, 5.41) is 8.35. The fraction of sp³-hybridized carbons (Fsp3) is 0.750. The summed E-state index contributed by atoms with van der Waals surface area (Å²) in [6, 6.07) is 1.16. The van der Waals surface area contributed by atoms with Gasteiger partial charge in [0.15, 0.2) is 0 Å². The molecular formula is C8H12N4. The van der Waals surface area contributed by atoms with Gasteiger partial charge in [0.2, 0.25) is 12.2 Å². The number of nitrogens with two attached hydrogens (primary N) is 1. The lowest BCUT2D eigenvalue weighted by Gasteiger charge is -2.21. The number of nitriles is 1. The third-order valence-electron chi connectivity index (χ3n) is 2.31. The zero-order valence-electron chi connectivity index (χ0n) is 6.90. The van der Waals surface area contributed by atoms with Crippen molar-refractivity contribution in [2.45, 2.75) is 37.8 Å². The lowest BCUT2D eigenvalue weighted by molar-refractivity contribution is 0.395. The molecule has 2 rings (SSSR count). The highest BCUT2D eigenvalue weighted by atomic mass is 15.3. The summed E-state index contributed by atoms with van der Waals surface area (Å²) in [5.74, 6) is 0.419. The molecule has 0 aromatic carbocycles. The van der Waals surface area contributed by atoms with Gasteiger partial charge in [-0.25, -0.2) is 0 Å². The van der Waals surface area contributed by atoms with E-state index in [2.05, 4.69) is 9.89 Å². The van der Waals surface area contributed by atoms with E-state index in [1.807, 2.05) is 0 Å². The van der Waals surface area contributed by atoms with E-state index in [9.17, 15) is 0 Å². The highest BCUT2D eigenvalue weighted by Gasteiger charge is 2.40. The van der Waals surface area contributed by atoms with Gasteiger partial charge in [-0.15, -0.1) is 4.99 Å². The molecule has 0 unspecified atom stereocenters. The smallest absolute Gasteiger partial charge is 0.209 e. The number of hydrogen-bond acceptors (Lipinski definition) is 2. The highest BCUT2D eigenvalue weighted by Crippen LogP contribution is 2.36. The van der Waals surface area contributed by atoms with Gasteiger partial charge in [-0.2, -0.15) is 5.26 Å². The Morgan fingerprint density at radius 2 is 1.83 bits per heavy atom. The summed E-state index contributed by atoms with van der Waals surface area (Å²) < 4.78 is 0. The molecule has 2 aliphatic carbocycles. The van der Waals surface area contributed by atoms with Gasteiger partial charge >= 0.3 is 0 Å². The molecule has 0 bridgehead atoms. The maximum Gasteiger partial charge on any atom is 0.209 e. The lowest BCUT2D eigenvalue weighted by atomic mass is 10.5. The van der Waals surface area contributed by atoms with Crippen molar-refractivity contribution >= 4 is 5.96 Å². The molecule has 0 aliphatic heterocycles. The fourth-order valence-electron chi connectivity index (χ4n) is 1.49. The van der Waals surface area contributed by atoms with E-state index in [1.54, 1.807) is 6.19 Å². The second-order valence-corrected chi connectivity index (χ2v) is 3.44. The highest BCUT2D eigenvalue weighted by molar-refractivity contribution is 5.80. The van der Waals surface area contributed by atoms with E-state index >= 15 is 0 Å². The van der Waals surface area contributed by atoms with Crippen molar-refractivity contribution in [3.63, 3.8) is 0 Å². The number of nitrogens with zero attached hydrogens (tertiary/aromatic N) is 3. The van der Waals surface area contributed by atoms with Crippen LogP contribution < -0.4 is 5.73 Å².